The number of benzene rings is 2. The summed E-state index contributed by atoms with van der Waals surface area (Å²) in [5.41, 5.74) is 2.12. The van der Waals surface area contributed by atoms with E-state index in [0.29, 0.717) is 32.0 Å². The number of carbonyl (C=O) groups excluding carboxylic acids is 2. The fourth-order valence-corrected chi connectivity index (χ4v) is 5.88. The van der Waals surface area contributed by atoms with Crippen LogP contribution in [0, 0.1) is 0 Å². The fraction of sp³-hybridized carbons (Fsp3) is 0.424. The summed E-state index contributed by atoms with van der Waals surface area (Å²) in [7, 11) is 0. The lowest BCUT2D eigenvalue weighted by molar-refractivity contribution is -0.145. The smallest absolute Gasteiger partial charge is 0.306 e. The molecule has 2 unspecified atom stereocenters. The maximum absolute atomic E-state index is 12.6. The molecule has 8 heteroatoms. The fourth-order valence-electron chi connectivity index (χ4n) is 4.68. The van der Waals surface area contributed by atoms with Crippen LogP contribution in [-0.2, 0) is 32.3 Å². The second kappa shape index (κ2) is 17.5. The third kappa shape index (κ3) is 11.2. The van der Waals surface area contributed by atoms with Gasteiger partial charge in [0.1, 0.15) is 19.0 Å². The minimum Gasteiger partial charge on any atom is -0.489 e. The molecule has 218 valence electrons. The van der Waals surface area contributed by atoms with Gasteiger partial charge >= 0.3 is 5.97 Å². The van der Waals surface area contributed by atoms with E-state index in [1.165, 1.54) is 0 Å². The first kappa shape index (κ1) is 30.6. The Hall–Kier alpha value is -3.36. The highest BCUT2D eigenvalue weighted by Gasteiger charge is 2.31. The minimum absolute atomic E-state index is 0.102. The number of carbonyl (C=O) groups is 2. The lowest BCUT2D eigenvalue weighted by Crippen LogP contribution is -2.34. The second-order valence-electron chi connectivity index (χ2n) is 10.2. The number of amides is 1. The Labute approximate surface area is 247 Å². The van der Waals surface area contributed by atoms with E-state index in [1.54, 1.807) is 24.2 Å². The molecule has 41 heavy (non-hydrogen) atoms. The third-order valence-corrected chi connectivity index (χ3v) is 8.26. The summed E-state index contributed by atoms with van der Waals surface area (Å²) >= 11 is 1.71. The highest BCUT2D eigenvalue weighted by molar-refractivity contribution is 8.00. The molecule has 2 heterocycles. The van der Waals surface area contributed by atoms with E-state index < -0.39 is 0 Å². The van der Waals surface area contributed by atoms with Crippen molar-refractivity contribution < 1.29 is 23.8 Å². The van der Waals surface area contributed by atoms with Crippen molar-refractivity contribution in [2.75, 3.05) is 18.9 Å². The number of unbranched alkanes of at least 4 members (excludes halogenated alkanes) is 3. The molecule has 7 nitrogen and oxygen atoms in total. The first-order valence-corrected chi connectivity index (χ1v) is 15.5. The zero-order valence-electron chi connectivity index (χ0n) is 23.6. The number of esters is 1. The number of hydrogen-bond acceptors (Lipinski definition) is 7. The van der Waals surface area contributed by atoms with E-state index in [0.717, 1.165) is 61.9 Å². The quantitative estimate of drug-likeness (QED) is 0.128. The molecule has 2 aromatic carbocycles. The summed E-state index contributed by atoms with van der Waals surface area (Å²) in [6.45, 7) is 2.01. The van der Waals surface area contributed by atoms with Gasteiger partial charge in [-0.25, -0.2) is 0 Å². The van der Waals surface area contributed by atoms with Crippen LogP contribution in [0.5, 0.6) is 5.75 Å². The number of ether oxygens (including phenoxy) is 3. The molecule has 0 aliphatic carbocycles. The van der Waals surface area contributed by atoms with E-state index in [9.17, 15) is 9.59 Å². The number of pyridine rings is 1. The van der Waals surface area contributed by atoms with Crippen LogP contribution in [0.3, 0.4) is 0 Å². The number of thioether (sulfide) groups is 1. The zero-order chi connectivity index (χ0) is 28.5. The molecule has 4 rings (SSSR count). The van der Waals surface area contributed by atoms with E-state index in [4.69, 9.17) is 14.2 Å². The molecule has 2 atom stereocenters. The standard InChI is InChI=1S/C33H40N2O5S/c36-31-26-41-32(35(31)21-10-2-1-9-17-33(37)40-24-28-14-7-4-8-15-28)19-18-30(25-39-29-16-11-20-34-22-29)38-23-27-12-5-3-6-13-27/h3-8,11-16,20,22,30,32H,1-2,9-10,17-19,21,23-26H2. The van der Waals surface area contributed by atoms with Crippen molar-refractivity contribution >= 4 is 23.6 Å². The van der Waals surface area contributed by atoms with Gasteiger partial charge in [-0.2, -0.15) is 0 Å². The highest BCUT2D eigenvalue weighted by atomic mass is 32.2. The molecule has 3 aromatic rings. The maximum atomic E-state index is 12.6. The summed E-state index contributed by atoms with van der Waals surface area (Å²) in [4.78, 5) is 30.8. The first-order chi connectivity index (χ1) is 20.2. The van der Waals surface area contributed by atoms with E-state index in [-0.39, 0.29) is 23.4 Å². The van der Waals surface area contributed by atoms with Crippen LogP contribution < -0.4 is 4.74 Å². The van der Waals surface area contributed by atoms with Gasteiger partial charge in [-0.3, -0.25) is 14.6 Å². The van der Waals surface area contributed by atoms with Gasteiger partial charge in [-0.1, -0.05) is 73.5 Å². The van der Waals surface area contributed by atoms with Gasteiger partial charge in [0.25, 0.3) is 0 Å². The molecule has 0 bridgehead atoms. The Bertz CT molecular complexity index is 1120. The summed E-state index contributed by atoms with van der Waals surface area (Å²) in [5.74, 6) is 1.30. The predicted molar refractivity (Wildman–Crippen MR) is 161 cm³/mol. The Morgan fingerprint density at radius 1 is 0.927 bits per heavy atom. The van der Waals surface area contributed by atoms with Crippen molar-refractivity contribution in [1.29, 1.82) is 0 Å². The monoisotopic (exact) mass is 576 g/mol. The van der Waals surface area contributed by atoms with Crippen molar-refractivity contribution in [3.8, 4) is 5.75 Å². The van der Waals surface area contributed by atoms with Gasteiger partial charge in [-0.15, -0.1) is 11.8 Å². The summed E-state index contributed by atoms with van der Waals surface area (Å²) in [6, 6.07) is 23.6. The molecule has 0 spiro atoms. The van der Waals surface area contributed by atoms with Crippen molar-refractivity contribution in [2.45, 2.75) is 69.6 Å². The molecule has 1 aliphatic rings. The van der Waals surface area contributed by atoms with Crippen molar-refractivity contribution in [3.63, 3.8) is 0 Å². The van der Waals surface area contributed by atoms with Crippen LogP contribution in [0.25, 0.3) is 0 Å². The Morgan fingerprint density at radius 2 is 1.66 bits per heavy atom. The molecule has 1 saturated heterocycles. The maximum Gasteiger partial charge on any atom is 0.306 e. The number of hydrogen-bond donors (Lipinski definition) is 0. The van der Waals surface area contributed by atoms with Gasteiger partial charge in [0.2, 0.25) is 5.91 Å². The molecule has 0 N–H and O–H groups in total. The van der Waals surface area contributed by atoms with Gasteiger partial charge in [0.15, 0.2) is 0 Å². The topological polar surface area (TPSA) is 78.0 Å². The number of aromatic nitrogens is 1. The average Bonchev–Trinajstić information content (AvgIpc) is 3.37. The van der Waals surface area contributed by atoms with Gasteiger partial charge < -0.3 is 19.1 Å². The second-order valence-corrected chi connectivity index (χ2v) is 11.3. The summed E-state index contributed by atoms with van der Waals surface area (Å²) in [6.07, 6.45) is 9.05. The minimum atomic E-state index is -0.156. The molecule has 1 fully saturated rings. The van der Waals surface area contributed by atoms with E-state index >= 15 is 0 Å². The molecular formula is C33H40N2O5S. The van der Waals surface area contributed by atoms with E-state index in [2.05, 4.69) is 17.1 Å². The van der Waals surface area contributed by atoms with Gasteiger partial charge in [0, 0.05) is 19.2 Å². The van der Waals surface area contributed by atoms with Crippen LogP contribution in [0.2, 0.25) is 0 Å². The SMILES string of the molecule is O=C(CCCCCCN1C(=O)CSC1CCC(COc1cccnc1)OCc1ccccc1)OCc1ccccc1. The predicted octanol–water partition coefficient (Wildman–Crippen LogP) is 6.42. The van der Waals surface area contributed by atoms with Crippen LogP contribution in [-0.4, -0.2) is 52.1 Å². The first-order valence-electron chi connectivity index (χ1n) is 14.5. The Morgan fingerprint density at radius 3 is 2.39 bits per heavy atom. The molecule has 1 amide bonds. The summed E-state index contributed by atoms with van der Waals surface area (Å²) < 4.78 is 17.6. The Balaban J connectivity index is 1.16. The normalized spacial score (nSPS) is 15.6. The lowest BCUT2D eigenvalue weighted by atomic mass is 10.1. The molecular weight excluding hydrogens is 536 g/mol. The van der Waals surface area contributed by atoms with Crippen LogP contribution in [0.15, 0.2) is 85.2 Å². The number of rotatable bonds is 18. The van der Waals surface area contributed by atoms with Gasteiger partial charge in [0.05, 0.1) is 30.0 Å². The largest absolute Gasteiger partial charge is 0.489 e. The average molecular weight is 577 g/mol. The molecule has 0 saturated carbocycles. The Kier molecular flexibility index (Phi) is 13.0. The van der Waals surface area contributed by atoms with E-state index in [1.807, 2.05) is 65.6 Å². The van der Waals surface area contributed by atoms with Crippen LogP contribution in [0.1, 0.15) is 56.1 Å². The third-order valence-electron chi connectivity index (χ3n) is 6.97. The van der Waals surface area contributed by atoms with Crippen LogP contribution >= 0.6 is 11.8 Å². The zero-order valence-corrected chi connectivity index (χ0v) is 24.4. The molecule has 1 aromatic heterocycles. The van der Waals surface area contributed by atoms with Crippen LogP contribution in [0.4, 0.5) is 0 Å². The molecule has 0 radical (unpaired) electrons. The molecule has 1 aliphatic heterocycles. The van der Waals surface area contributed by atoms with Crippen molar-refractivity contribution in [3.05, 3.63) is 96.3 Å². The van der Waals surface area contributed by atoms with Gasteiger partial charge in [-0.05, 0) is 48.9 Å². The van der Waals surface area contributed by atoms with Crippen molar-refractivity contribution in [2.24, 2.45) is 0 Å². The van der Waals surface area contributed by atoms with Crippen molar-refractivity contribution in [1.82, 2.24) is 9.88 Å². The number of nitrogens with zero attached hydrogens (tertiary/aromatic N) is 2. The highest BCUT2D eigenvalue weighted by Crippen LogP contribution is 2.30. The summed E-state index contributed by atoms with van der Waals surface area (Å²) in [5, 5.41) is 0.150. The lowest BCUT2D eigenvalue weighted by Gasteiger charge is -2.26.